The van der Waals surface area contributed by atoms with E-state index in [4.69, 9.17) is 0 Å². The van der Waals surface area contributed by atoms with Crippen LogP contribution >= 0.6 is 0 Å². The van der Waals surface area contributed by atoms with Crippen molar-refractivity contribution in [2.24, 2.45) is 23.7 Å². The van der Waals surface area contributed by atoms with Gasteiger partial charge >= 0.3 is 0 Å². The van der Waals surface area contributed by atoms with Gasteiger partial charge in [0.05, 0.1) is 53.4 Å². The Hall–Kier alpha value is -0.0800. The molecule has 0 bridgehead atoms. The summed E-state index contributed by atoms with van der Waals surface area (Å²) in [6.45, 7) is 8.94. The molecule has 4 atom stereocenters. The number of rotatable bonds is 10. The average molecular weight is 405 g/mol. The van der Waals surface area contributed by atoms with E-state index >= 15 is 0 Å². The third kappa shape index (κ3) is 6.00. The maximum atomic E-state index is 2.57. The maximum absolute atomic E-state index is 2.57. The molecule has 0 amide bonds. The molecular formula is C27H52N2+2. The topological polar surface area (TPSA) is 0 Å². The molecule has 0 spiro atoms. The number of unbranched alkanes of at least 4 members (excludes halogenated alkanes) is 6. The minimum absolute atomic E-state index is 1.08. The van der Waals surface area contributed by atoms with E-state index in [2.05, 4.69) is 14.1 Å². The van der Waals surface area contributed by atoms with Crippen LogP contribution in [0.25, 0.3) is 0 Å². The van der Waals surface area contributed by atoms with Gasteiger partial charge < -0.3 is 8.97 Å². The van der Waals surface area contributed by atoms with Crippen molar-refractivity contribution in [3.63, 3.8) is 0 Å². The third-order valence-electron chi connectivity index (χ3n) is 9.73. The van der Waals surface area contributed by atoms with Crippen LogP contribution in [0.2, 0.25) is 0 Å². The number of quaternary nitrogens is 2. The molecular weight excluding hydrogens is 352 g/mol. The van der Waals surface area contributed by atoms with Gasteiger partial charge in [0.15, 0.2) is 0 Å². The molecule has 2 saturated carbocycles. The standard InChI is InChI=1S/C27H52N2/c1-28(20-24-14-8-9-15-25(24)21-28)18-12-6-4-3-5-7-13-19-29(2)22-26-16-10-11-17-27(26)23-29/h24-27H,3-23H2,1-2H3/q+2. The number of hydrogen-bond acceptors (Lipinski definition) is 0. The fourth-order valence-electron chi connectivity index (χ4n) is 8.18. The van der Waals surface area contributed by atoms with Crippen molar-refractivity contribution < 1.29 is 8.97 Å². The van der Waals surface area contributed by atoms with E-state index in [1.54, 1.807) is 0 Å². The van der Waals surface area contributed by atoms with Gasteiger partial charge in [-0.05, 0) is 51.4 Å². The highest BCUT2D eigenvalue weighted by atomic mass is 15.4. The SMILES string of the molecule is C[N+]1(CCCCCCCCC[N+]2(C)CC3CCCCC3C2)CC2CCCCC2C1. The van der Waals surface area contributed by atoms with Crippen LogP contribution in [0.15, 0.2) is 0 Å². The summed E-state index contributed by atoms with van der Waals surface area (Å²) in [5, 5.41) is 0. The van der Waals surface area contributed by atoms with E-state index < -0.39 is 0 Å². The number of likely N-dealkylation sites (tertiary alicyclic amines) is 2. The van der Waals surface area contributed by atoms with Crippen LogP contribution in [0.1, 0.15) is 96.3 Å². The molecule has 2 heterocycles. The number of fused-ring (bicyclic) bond motifs is 2. The van der Waals surface area contributed by atoms with Crippen molar-refractivity contribution in [1.29, 1.82) is 0 Å². The zero-order chi connectivity index (χ0) is 20.2. The fraction of sp³-hybridized carbons (Fsp3) is 1.00. The van der Waals surface area contributed by atoms with Crippen LogP contribution in [-0.4, -0.2) is 62.3 Å². The summed E-state index contributed by atoms with van der Waals surface area (Å²) >= 11 is 0. The van der Waals surface area contributed by atoms with Crippen LogP contribution in [0.3, 0.4) is 0 Å². The van der Waals surface area contributed by atoms with Gasteiger partial charge in [-0.2, -0.15) is 0 Å². The van der Waals surface area contributed by atoms with Crippen LogP contribution in [-0.2, 0) is 0 Å². The van der Waals surface area contributed by atoms with E-state index in [1.807, 2.05) is 0 Å². The van der Waals surface area contributed by atoms with Crippen LogP contribution in [0, 0.1) is 23.7 Å². The largest absolute Gasteiger partial charge is 0.326 e. The van der Waals surface area contributed by atoms with Crippen molar-refractivity contribution in [1.82, 2.24) is 0 Å². The molecule has 2 nitrogen and oxygen atoms in total. The lowest BCUT2D eigenvalue weighted by Crippen LogP contribution is -2.42. The molecule has 2 aliphatic carbocycles. The predicted octanol–water partition coefficient (Wildman–Crippen LogP) is 6.25. The van der Waals surface area contributed by atoms with Gasteiger partial charge in [-0.25, -0.2) is 0 Å². The molecule has 0 aromatic heterocycles. The molecule has 4 unspecified atom stereocenters. The Morgan fingerprint density at radius 3 is 1.03 bits per heavy atom. The van der Waals surface area contributed by atoms with Gasteiger partial charge in [0, 0.05) is 23.7 Å². The van der Waals surface area contributed by atoms with Gasteiger partial charge in [0.2, 0.25) is 0 Å². The Balaban J connectivity index is 1.01. The summed E-state index contributed by atoms with van der Waals surface area (Å²) < 4.78 is 2.82. The quantitative estimate of drug-likeness (QED) is 0.298. The van der Waals surface area contributed by atoms with Crippen LogP contribution in [0.4, 0.5) is 0 Å². The molecule has 4 fully saturated rings. The molecule has 0 aromatic rings. The summed E-state index contributed by atoms with van der Waals surface area (Å²) in [7, 11) is 5.13. The Bertz CT molecular complexity index is 429. The predicted molar refractivity (Wildman–Crippen MR) is 125 cm³/mol. The summed E-state index contributed by atoms with van der Waals surface area (Å²) in [4.78, 5) is 0. The van der Waals surface area contributed by atoms with Gasteiger partial charge in [0.25, 0.3) is 0 Å². The lowest BCUT2D eigenvalue weighted by Gasteiger charge is -2.30. The summed E-state index contributed by atoms with van der Waals surface area (Å²) in [5.74, 6) is 4.33. The highest BCUT2D eigenvalue weighted by molar-refractivity contribution is 4.81. The molecule has 0 N–H and O–H groups in total. The smallest absolute Gasteiger partial charge is 0.0818 e. The molecule has 0 radical (unpaired) electrons. The minimum Gasteiger partial charge on any atom is -0.326 e. The van der Waals surface area contributed by atoms with E-state index in [1.165, 1.54) is 145 Å². The first kappa shape index (κ1) is 22.1. The molecule has 0 aromatic carbocycles. The number of hydrogen-bond donors (Lipinski definition) is 0. The average Bonchev–Trinajstić information content (AvgIpc) is 3.22. The van der Waals surface area contributed by atoms with Gasteiger partial charge in [-0.15, -0.1) is 0 Å². The van der Waals surface area contributed by atoms with E-state index in [0.717, 1.165) is 23.7 Å². The van der Waals surface area contributed by atoms with Gasteiger partial charge in [-0.1, -0.05) is 44.9 Å². The second-order valence-corrected chi connectivity index (χ2v) is 12.5. The van der Waals surface area contributed by atoms with Crippen molar-refractivity contribution in [3.05, 3.63) is 0 Å². The monoisotopic (exact) mass is 404 g/mol. The highest BCUT2D eigenvalue weighted by Crippen LogP contribution is 2.40. The van der Waals surface area contributed by atoms with Crippen LogP contribution in [0.5, 0.6) is 0 Å². The first-order valence-electron chi connectivity index (χ1n) is 13.7. The highest BCUT2D eigenvalue weighted by Gasteiger charge is 2.43. The lowest BCUT2D eigenvalue weighted by molar-refractivity contribution is -0.900. The fourth-order valence-corrected chi connectivity index (χ4v) is 8.18. The van der Waals surface area contributed by atoms with Crippen molar-refractivity contribution in [2.45, 2.75) is 96.3 Å². The van der Waals surface area contributed by atoms with E-state index in [0.29, 0.717) is 0 Å². The summed E-state index contributed by atoms with van der Waals surface area (Å²) in [6, 6.07) is 0. The Morgan fingerprint density at radius 1 is 0.448 bits per heavy atom. The van der Waals surface area contributed by atoms with E-state index in [9.17, 15) is 0 Å². The number of nitrogens with zero attached hydrogens (tertiary/aromatic N) is 2. The molecule has 4 rings (SSSR count). The van der Waals surface area contributed by atoms with Gasteiger partial charge in [-0.3, -0.25) is 0 Å². The second-order valence-electron chi connectivity index (χ2n) is 12.5. The molecule has 4 aliphatic rings. The third-order valence-corrected chi connectivity index (χ3v) is 9.73. The Kier molecular flexibility index (Phi) is 7.65. The lowest BCUT2D eigenvalue weighted by atomic mass is 9.82. The van der Waals surface area contributed by atoms with Crippen molar-refractivity contribution >= 4 is 0 Å². The molecule has 2 heteroatoms. The van der Waals surface area contributed by atoms with Crippen LogP contribution < -0.4 is 0 Å². The zero-order valence-electron chi connectivity index (χ0n) is 20.1. The second kappa shape index (κ2) is 10.0. The maximum Gasteiger partial charge on any atom is 0.0818 e. The van der Waals surface area contributed by atoms with Crippen molar-refractivity contribution in [2.75, 3.05) is 53.4 Å². The molecule has 2 saturated heterocycles. The molecule has 2 aliphatic heterocycles. The first-order valence-corrected chi connectivity index (χ1v) is 13.7. The van der Waals surface area contributed by atoms with Gasteiger partial charge in [0.1, 0.15) is 0 Å². The minimum atomic E-state index is 1.08. The summed E-state index contributed by atoms with van der Waals surface area (Å²) in [6.07, 6.45) is 22.6. The first-order chi connectivity index (χ1) is 14.1. The Labute approximate surface area is 182 Å². The Morgan fingerprint density at radius 2 is 0.724 bits per heavy atom. The summed E-state index contributed by atoms with van der Waals surface area (Å²) in [5.41, 5.74) is 0. The normalized spacial score (nSPS) is 42.0. The molecule has 168 valence electrons. The van der Waals surface area contributed by atoms with E-state index in [-0.39, 0.29) is 0 Å². The zero-order valence-corrected chi connectivity index (χ0v) is 20.1. The van der Waals surface area contributed by atoms with Crippen molar-refractivity contribution in [3.8, 4) is 0 Å². The molecule has 29 heavy (non-hydrogen) atoms.